The third-order valence-electron chi connectivity index (χ3n) is 5.78. The van der Waals surface area contributed by atoms with Gasteiger partial charge in [0.05, 0.1) is 0 Å². The molecule has 2 fully saturated rings. The van der Waals surface area contributed by atoms with Crippen molar-refractivity contribution in [2.45, 2.75) is 44.6 Å². The summed E-state index contributed by atoms with van der Waals surface area (Å²) >= 11 is 0. The van der Waals surface area contributed by atoms with Crippen molar-refractivity contribution in [3.8, 4) is 0 Å². The van der Waals surface area contributed by atoms with Crippen LogP contribution in [0.2, 0.25) is 0 Å². The molecule has 7 nitrogen and oxygen atoms in total. The molecule has 2 amide bonds. The van der Waals surface area contributed by atoms with E-state index in [1.807, 2.05) is 11.8 Å². The molecule has 1 atom stereocenters. The first-order valence-corrected chi connectivity index (χ1v) is 9.66. The smallest absolute Gasteiger partial charge is 0.270 e. The number of aromatic nitrogens is 2. The molecule has 0 saturated carbocycles. The van der Waals surface area contributed by atoms with Crippen molar-refractivity contribution in [2.24, 2.45) is 0 Å². The zero-order valence-electron chi connectivity index (χ0n) is 15.6. The van der Waals surface area contributed by atoms with Gasteiger partial charge in [-0.2, -0.15) is 0 Å². The van der Waals surface area contributed by atoms with Crippen LogP contribution in [-0.4, -0.2) is 56.2 Å². The van der Waals surface area contributed by atoms with Crippen molar-refractivity contribution in [2.75, 3.05) is 19.6 Å². The first-order chi connectivity index (χ1) is 13.1. The number of carbonyl (C=O) groups excluding carboxylic acids is 2. The Morgan fingerprint density at radius 2 is 1.96 bits per heavy atom. The lowest BCUT2D eigenvalue weighted by atomic mass is 9.85. The van der Waals surface area contributed by atoms with Crippen molar-refractivity contribution in [3.63, 3.8) is 0 Å². The van der Waals surface area contributed by atoms with Crippen LogP contribution in [0.1, 0.15) is 49.4 Å². The molecular weight excluding hydrogens is 344 g/mol. The molecule has 7 heteroatoms. The average Bonchev–Trinajstić information content (AvgIpc) is 3.10. The van der Waals surface area contributed by atoms with Crippen LogP contribution in [0.15, 0.2) is 35.4 Å². The fourth-order valence-corrected chi connectivity index (χ4v) is 4.52. The van der Waals surface area contributed by atoms with Gasteiger partial charge in [0.1, 0.15) is 16.7 Å². The molecule has 4 heterocycles. The highest BCUT2D eigenvalue weighted by atomic mass is 16.2. The van der Waals surface area contributed by atoms with E-state index in [1.54, 1.807) is 29.3 Å². The highest BCUT2D eigenvalue weighted by Gasteiger charge is 2.52. The van der Waals surface area contributed by atoms with Gasteiger partial charge >= 0.3 is 0 Å². The van der Waals surface area contributed by atoms with Crippen LogP contribution in [0.25, 0.3) is 5.65 Å². The van der Waals surface area contributed by atoms with E-state index in [0.717, 1.165) is 25.8 Å². The topological polar surface area (TPSA) is 75.0 Å². The zero-order chi connectivity index (χ0) is 19.0. The van der Waals surface area contributed by atoms with E-state index in [9.17, 15) is 14.4 Å². The van der Waals surface area contributed by atoms with Crippen molar-refractivity contribution in [1.29, 1.82) is 0 Å². The van der Waals surface area contributed by atoms with Gasteiger partial charge in [0, 0.05) is 32.0 Å². The van der Waals surface area contributed by atoms with E-state index in [0.29, 0.717) is 31.6 Å². The molecule has 2 aliphatic rings. The van der Waals surface area contributed by atoms with E-state index in [1.165, 1.54) is 10.6 Å². The van der Waals surface area contributed by atoms with E-state index in [4.69, 9.17) is 0 Å². The summed E-state index contributed by atoms with van der Waals surface area (Å²) in [5.74, 6) is -0.342. The third-order valence-corrected chi connectivity index (χ3v) is 5.78. The summed E-state index contributed by atoms with van der Waals surface area (Å²) in [6, 6.07) is 5.25. The third kappa shape index (κ3) is 2.72. The van der Waals surface area contributed by atoms with Crippen molar-refractivity contribution in [3.05, 3.63) is 46.5 Å². The molecule has 1 unspecified atom stereocenters. The Bertz CT molecular complexity index is 952. The summed E-state index contributed by atoms with van der Waals surface area (Å²) in [5, 5.41) is 0. The summed E-state index contributed by atoms with van der Waals surface area (Å²) in [4.78, 5) is 47.1. The maximum atomic E-state index is 13.3. The Balaban J connectivity index is 1.72. The number of carbonyl (C=O) groups is 2. The fourth-order valence-electron chi connectivity index (χ4n) is 4.52. The molecule has 0 bridgehead atoms. The largest absolute Gasteiger partial charge is 0.341 e. The second-order valence-corrected chi connectivity index (χ2v) is 7.39. The number of nitrogens with zero attached hydrogens (tertiary/aromatic N) is 4. The van der Waals surface area contributed by atoms with Gasteiger partial charge in [-0.3, -0.25) is 18.8 Å². The maximum absolute atomic E-state index is 13.3. The Morgan fingerprint density at radius 3 is 2.74 bits per heavy atom. The summed E-state index contributed by atoms with van der Waals surface area (Å²) < 4.78 is 1.38. The minimum atomic E-state index is -0.798. The molecule has 27 heavy (non-hydrogen) atoms. The maximum Gasteiger partial charge on any atom is 0.270 e. The van der Waals surface area contributed by atoms with Crippen molar-refractivity contribution in [1.82, 2.24) is 19.2 Å². The first-order valence-electron chi connectivity index (χ1n) is 9.66. The highest BCUT2D eigenvalue weighted by molar-refractivity contribution is 5.99. The second kappa shape index (κ2) is 6.79. The predicted molar refractivity (Wildman–Crippen MR) is 101 cm³/mol. The minimum absolute atomic E-state index is 0.0281. The number of hydrogen-bond acceptors (Lipinski definition) is 4. The number of pyridine rings is 1. The molecule has 4 rings (SSSR count). The van der Waals surface area contributed by atoms with Crippen molar-refractivity contribution >= 4 is 17.5 Å². The van der Waals surface area contributed by atoms with Crippen LogP contribution in [0.5, 0.6) is 0 Å². The molecule has 2 aromatic rings. The molecule has 2 aliphatic heterocycles. The van der Waals surface area contributed by atoms with E-state index in [-0.39, 0.29) is 22.9 Å². The molecule has 0 N–H and O–H groups in total. The van der Waals surface area contributed by atoms with Crippen molar-refractivity contribution < 1.29 is 9.59 Å². The van der Waals surface area contributed by atoms with Gasteiger partial charge < -0.3 is 9.80 Å². The SMILES string of the molecule is CCCN1CCCC2(CCCN2C(=O)c2cnc3ccccn3c2=O)C1=O. The average molecular weight is 368 g/mol. The van der Waals surface area contributed by atoms with Crippen LogP contribution < -0.4 is 5.56 Å². The van der Waals surface area contributed by atoms with Gasteiger partial charge in [0.15, 0.2) is 0 Å². The number of amides is 2. The molecule has 1 spiro atoms. The molecular formula is C20H24N4O3. The Kier molecular flexibility index (Phi) is 4.45. The lowest BCUT2D eigenvalue weighted by molar-refractivity contribution is -0.145. The normalized spacial score (nSPS) is 22.8. The molecule has 0 aromatic carbocycles. The molecule has 2 saturated heterocycles. The van der Waals surface area contributed by atoms with Crippen LogP contribution in [-0.2, 0) is 4.79 Å². The molecule has 2 aromatic heterocycles. The fraction of sp³-hybridized carbons (Fsp3) is 0.500. The Labute approximate surface area is 157 Å². The Morgan fingerprint density at radius 1 is 1.19 bits per heavy atom. The molecule has 0 radical (unpaired) electrons. The van der Waals surface area contributed by atoms with E-state index in [2.05, 4.69) is 4.98 Å². The van der Waals surface area contributed by atoms with Gasteiger partial charge in [-0.25, -0.2) is 4.98 Å². The summed E-state index contributed by atoms with van der Waals surface area (Å²) in [5.41, 5.74) is -0.660. The zero-order valence-corrected chi connectivity index (χ0v) is 15.6. The Hall–Kier alpha value is -2.70. The van der Waals surface area contributed by atoms with Crippen LogP contribution >= 0.6 is 0 Å². The number of fused-ring (bicyclic) bond motifs is 1. The van der Waals surface area contributed by atoms with E-state index < -0.39 is 5.54 Å². The number of hydrogen-bond donors (Lipinski definition) is 0. The van der Waals surface area contributed by atoms with Gasteiger partial charge in [0.25, 0.3) is 11.5 Å². The number of piperidine rings is 1. The van der Waals surface area contributed by atoms with Gasteiger partial charge in [0.2, 0.25) is 5.91 Å². The monoisotopic (exact) mass is 368 g/mol. The number of rotatable bonds is 3. The second-order valence-electron chi connectivity index (χ2n) is 7.39. The first kappa shape index (κ1) is 17.7. The number of likely N-dealkylation sites (tertiary alicyclic amines) is 2. The van der Waals surface area contributed by atoms with Gasteiger partial charge in [-0.05, 0) is 44.2 Å². The van der Waals surface area contributed by atoms with Crippen LogP contribution in [0, 0.1) is 0 Å². The summed E-state index contributed by atoms with van der Waals surface area (Å²) in [6.45, 7) is 4.01. The minimum Gasteiger partial charge on any atom is -0.341 e. The molecule has 142 valence electrons. The lowest BCUT2D eigenvalue weighted by Gasteiger charge is -2.44. The van der Waals surface area contributed by atoms with Crippen LogP contribution in [0.3, 0.4) is 0 Å². The van der Waals surface area contributed by atoms with E-state index >= 15 is 0 Å². The van der Waals surface area contributed by atoms with Gasteiger partial charge in [-0.1, -0.05) is 13.0 Å². The standard InChI is InChI=1S/C20H24N4O3/c1-2-10-22-11-5-8-20(19(22)27)9-6-13-24(20)18(26)15-14-21-16-7-3-4-12-23(16)17(15)25/h3-4,7,12,14H,2,5-6,8-11,13H2,1H3. The predicted octanol–water partition coefficient (Wildman–Crippen LogP) is 1.70. The summed E-state index contributed by atoms with van der Waals surface area (Å²) in [7, 11) is 0. The molecule has 0 aliphatic carbocycles. The lowest BCUT2D eigenvalue weighted by Crippen LogP contribution is -2.61. The summed E-state index contributed by atoms with van der Waals surface area (Å²) in [6.07, 6.45) is 6.84. The highest BCUT2D eigenvalue weighted by Crippen LogP contribution is 2.39. The quantitative estimate of drug-likeness (QED) is 0.826. The van der Waals surface area contributed by atoms with Gasteiger partial charge in [-0.15, -0.1) is 0 Å². The van der Waals surface area contributed by atoms with Crippen LogP contribution in [0.4, 0.5) is 0 Å².